The first-order valence-corrected chi connectivity index (χ1v) is 14.4. The van der Waals surface area contributed by atoms with E-state index in [4.69, 9.17) is 23.7 Å². The van der Waals surface area contributed by atoms with E-state index in [9.17, 15) is 23.1 Å². The quantitative estimate of drug-likeness (QED) is 0.301. The summed E-state index contributed by atoms with van der Waals surface area (Å²) in [6.07, 6.45) is -2.87. The van der Waals surface area contributed by atoms with Gasteiger partial charge in [0.2, 0.25) is 0 Å². The Morgan fingerprint density at radius 1 is 1.02 bits per heavy atom. The average molecular weight is 599 g/mol. The molecule has 1 unspecified atom stereocenters. The molecule has 2 atom stereocenters. The minimum absolute atomic E-state index is 0.0862. The number of hydrogen-bond donors (Lipinski definition) is 1. The van der Waals surface area contributed by atoms with Gasteiger partial charge < -0.3 is 28.8 Å². The number of esters is 1. The Balaban J connectivity index is 1.23. The summed E-state index contributed by atoms with van der Waals surface area (Å²) < 4.78 is 70.6. The number of fused-ring (bicyclic) bond motifs is 2. The second-order valence-electron chi connectivity index (χ2n) is 11.3. The molecule has 6 rings (SSSR count). The minimum atomic E-state index is -4.54. The molecule has 228 valence electrons. The molecule has 1 saturated heterocycles. The van der Waals surface area contributed by atoms with Crippen LogP contribution < -0.4 is 14.2 Å². The van der Waals surface area contributed by atoms with Crippen LogP contribution in [0.15, 0.2) is 54.6 Å². The maximum absolute atomic E-state index is 14.2. The largest absolute Gasteiger partial charge is 0.492 e. The second-order valence-corrected chi connectivity index (χ2v) is 11.3. The molecule has 3 aromatic carbocycles. The van der Waals surface area contributed by atoms with Gasteiger partial charge in [0.15, 0.2) is 0 Å². The molecule has 3 aromatic rings. The van der Waals surface area contributed by atoms with E-state index in [1.165, 1.54) is 13.2 Å². The third-order valence-corrected chi connectivity index (χ3v) is 8.52. The summed E-state index contributed by atoms with van der Waals surface area (Å²) in [7, 11) is 1.35. The van der Waals surface area contributed by atoms with E-state index in [1.807, 2.05) is 6.07 Å². The van der Waals surface area contributed by atoms with E-state index >= 15 is 0 Å². The number of halogens is 3. The van der Waals surface area contributed by atoms with E-state index in [0.29, 0.717) is 73.9 Å². The van der Waals surface area contributed by atoms with Crippen molar-refractivity contribution in [2.75, 3.05) is 33.5 Å². The Hall–Kier alpha value is -3.76. The standard InChI is InChI=1S/C33H33F3O7/c1-39-30(37)16-21-18-41-29-17-23(6-7-24(21)29)43-28-11-9-26-25(28)8-10-27(33(34,35)36)31(26)20-2-4-22(5-3-20)42-19-32(38)12-14-40-15-13-32/h2-8,10,17,21,28,38H,9,11-16,18-19H2,1H3/t21?,28-/m1/s1. The van der Waals surface area contributed by atoms with Gasteiger partial charge in [-0.15, -0.1) is 0 Å². The van der Waals surface area contributed by atoms with Gasteiger partial charge in [-0.05, 0) is 59.4 Å². The predicted octanol–water partition coefficient (Wildman–Crippen LogP) is 6.40. The maximum atomic E-state index is 14.2. The smallest absolute Gasteiger partial charge is 0.417 e. The van der Waals surface area contributed by atoms with Crippen LogP contribution in [-0.2, 0) is 26.9 Å². The molecule has 7 nitrogen and oxygen atoms in total. The highest BCUT2D eigenvalue weighted by Crippen LogP contribution is 2.47. The van der Waals surface area contributed by atoms with Gasteiger partial charge in [-0.2, -0.15) is 13.2 Å². The number of alkyl halides is 3. The molecular weight excluding hydrogens is 565 g/mol. The summed E-state index contributed by atoms with van der Waals surface area (Å²) >= 11 is 0. The van der Waals surface area contributed by atoms with Gasteiger partial charge >= 0.3 is 12.1 Å². The monoisotopic (exact) mass is 598 g/mol. The second kappa shape index (κ2) is 11.7. The van der Waals surface area contributed by atoms with Crippen LogP contribution in [0.1, 0.15) is 60.0 Å². The van der Waals surface area contributed by atoms with Crippen molar-refractivity contribution in [3.63, 3.8) is 0 Å². The number of hydrogen-bond acceptors (Lipinski definition) is 7. The van der Waals surface area contributed by atoms with Crippen molar-refractivity contribution in [2.24, 2.45) is 0 Å². The van der Waals surface area contributed by atoms with Crippen molar-refractivity contribution < 1.29 is 46.8 Å². The minimum Gasteiger partial charge on any atom is -0.492 e. The van der Waals surface area contributed by atoms with Crippen LogP contribution in [0.5, 0.6) is 17.2 Å². The lowest BCUT2D eigenvalue weighted by atomic mass is 9.91. The number of carbonyl (C=O) groups excluding carboxylic acids is 1. The van der Waals surface area contributed by atoms with Crippen LogP contribution in [0.2, 0.25) is 0 Å². The van der Waals surface area contributed by atoms with Crippen LogP contribution in [0.4, 0.5) is 13.2 Å². The molecule has 0 saturated carbocycles. The normalized spacial score (nSPS) is 20.6. The molecule has 0 radical (unpaired) electrons. The van der Waals surface area contributed by atoms with Crippen LogP contribution in [-0.4, -0.2) is 50.2 Å². The molecule has 10 heteroatoms. The predicted molar refractivity (Wildman–Crippen MR) is 150 cm³/mol. The lowest BCUT2D eigenvalue weighted by Crippen LogP contribution is -2.41. The van der Waals surface area contributed by atoms with Gasteiger partial charge in [-0.25, -0.2) is 0 Å². The van der Waals surface area contributed by atoms with Crippen LogP contribution >= 0.6 is 0 Å². The van der Waals surface area contributed by atoms with Gasteiger partial charge in [-0.3, -0.25) is 4.79 Å². The van der Waals surface area contributed by atoms with Gasteiger partial charge in [0.05, 0.1) is 25.7 Å². The number of aliphatic hydroxyl groups is 1. The molecule has 1 N–H and O–H groups in total. The Labute approximate surface area is 247 Å². The van der Waals surface area contributed by atoms with Gasteiger partial charge in [0, 0.05) is 43.6 Å². The summed E-state index contributed by atoms with van der Waals surface area (Å²) in [6, 6.07) is 14.6. The van der Waals surface area contributed by atoms with E-state index < -0.39 is 23.4 Å². The molecule has 2 heterocycles. The highest BCUT2D eigenvalue weighted by atomic mass is 19.4. The fourth-order valence-electron chi connectivity index (χ4n) is 6.13. The van der Waals surface area contributed by atoms with Crippen LogP contribution in [0, 0.1) is 0 Å². The number of ether oxygens (including phenoxy) is 5. The summed E-state index contributed by atoms with van der Waals surface area (Å²) in [6.45, 7) is 1.37. The average Bonchev–Trinajstić information content (AvgIpc) is 3.59. The zero-order valence-corrected chi connectivity index (χ0v) is 23.7. The van der Waals surface area contributed by atoms with Gasteiger partial charge in [0.1, 0.15) is 35.6 Å². The van der Waals surface area contributed by atoms with Gasteiger partial charge in [0.25, 0.3) is 0 Å². The third-order valence-electron chi connectivity index (χ3n) is 8.52. The highest BCUT2D eigenvalue weighted by Gasteiger charge is 2.38. The SMILES string of the molecule is COC(=O)CC1COc2cc(O[C@@H]3CCc4c3ccc(C(F)(F)F)c4-c3ccc(OCC4(O)CCOCC4)cc3)ccc21. The first-order chi connectivity index (χ1) is 20.6. The van der Waals surface area contributed by atoms with Crippen molar-refractivity contribution in [1.29, 1.82) is 0 Å². The molecule has 3 aliphatic rings. The summed E-state index contributed by atoms with van der Waals surface area (Å²) in [5.41, 5.74) is 1.13. The first-order valence-electron chi connectivity index (χ1n) is 14.4. The lowest BCUT2D eigenvalue weighted by Gasteiger charge is -2.31. The molecule has 0 aromatic heterocycles. The summed E-state index contributed by atoms with van der Waals surface area (Å²) in [5.74, 6) is 1.23. The fourth-order valence-corrected chi connectivity index (χ4v) is 6.13. The fraction of sp³-hybridized carbons (Fsp3) is 0.424. The van der Waals surface area contributed by atoms with E-state index in [1.54, 1.807) is 36.4 Å². The van der Waals surface area contributed by atoms with E-state index in [-0.39, 0.29) is 30.5 Å². The molecule has 2 aliphatic heterocycles. The Bertz CT molecular complexity index is 1480. The van der Waals surface area contributed by atoms with Gasteiger partial charge in [-0.1, -0.05) is 24.3 Å². The Morgan fingerprint density at radius 3 is 2.47 bits per heavy atom. The summed E-state index contributed by atoms with van der Waals surface area (Å²) in [5, 5.41) is 10.7. The molecule has 1 fully saturated rings. The number of rotatable bonds is 8. The van der Waals surface area contributed by atoms with Crippen molar-refractivity contribution in [3.05, 3.63) is 76.9 Å². The zero-order valence-electron chi connectivity index (χ0n) is 23.7. The van der Waals surface area contributed by atoms with Crippen molar-refractivity contribution >= 4 is 5.97 Å². The van der Waals surface area contributed by atoms with Crippen molar-refractivity contribution in [2.45, 2.75) is 55.9 Å². The lowest BCUT2D eigenvalue weighted by molar-refractivity contribution is -0.141. The van der Waals surface area contributed by atoms with Crippen LogP contribution in [0.3, 0.4) is 0 Å². The first kappa shape index (κ1) is 29.3. The van der Waals surface area contributed by atoms with E-state index in [0.717, 1.165) is 17.2 Å². The zero-order chi connectivity index (χ0) is 30.2. The molecule has 43 heavy (non-hydrogen) atoms. The highest BCUT2D eigenvalue weighted by molar-refractivity contribution is 5.75. The summed E-state index contributed by atoms with van der Waals surface area (Å²) in [4.78, 5) is 11.7. The van der Waals surface area contributed by atoms with Crippen molar-refractivity contribution in [3.8, 4) is 28.4 Å². The number of benzene rings is 3. The molecule has 0 amide bonds. The van der Waals surface area contributed by atoms with Crippen LogP contribution in [0.25, 0.3) is 11.1 Å². The number of carbonyl (C=O) groups is 1. The topological polar surface area (TPSA) is 83.5 Å². The molecular formula is C33H33F3O7. The Kier molecular flexibility index (Phi) is 8.00. The maximum Gasteiger partial charge on any atom is 0.417 e. The molecule has 1 aliphatic carbocycles. The third kappa shape index (κ3) is 6.17. The Morgan fingerprint density at radius 2 is 1.74 bits per heavy atom. The number of methoxy groups -OCH3 is 1. The van der Waals surface area contributed by atoms with Crippen molar-refractivity contribution in [1.82, 2.24) is 0 Å². The van der Waals surface area contributed by atoms with E-state index in [2.05, 4.69) is 0 Å². The molecule has 0 bridgehead atoms. The molecule has 0 spiro atoms.